The van der Waals surface area contributed by atoms with Crippen molar-refractivity contribution >= 4 is 15.9 Å². The molecule has 3 rings (SSSR count). The number of carbonyl (C=O) groups is 1. The minimum absolute atomic E-state index is 0.0419. The molecule has 0 aromatic heterocycles. The average molecular weight is 365 g/mol. The second-order valence-electron chi connectivity index (χ2n) is 7.44. The van der Waals surface area contributed by atoms with Crippen molar-refractivity contribution in [1.29, 1.82) is 0 Å². The fraction of sp³-hybridized carbons (Fsp3) is 0.632. The number of likely N-dealkylation sites (tertiary alicyclic amines) is 1. The standard InChI is InChI=1S/C19H28N2O3S/c1-15-7-6-10-20(14-15)19(22)18-13-17(9-8-16(18)2)25(23,24)21-11-4-3-5-12-21/h8-9,13,15H,3-7,10-12,14H2,1-2H3/t15-/m0/s1. The van der Waals surface area contributed by atoms with E-state index >= 15 is 0 Å². The van der Waals surface area contributed by atoms with Gasteiger partial charge in [0.15, 0.2) is 0 Å². The van der Waals surface area contributed by atoms with Crippen molar-refractivity contribution in [2.75, 3.05) is 26.2 Å². The Labute approximate surface area is 151 Å². The molecule has 1 atom stereocenters. The van der Waals surface area contributed by atoms with Gasteiger partial charge in [0, 0.05) is 31.7 Å². The molecule has 0 spiro atoms. The van der Waals surface area contributed by atoms with Crippen LogP contribution in [0.3, 0.4) is 0 Å². The van der Waals surface area contributed by atoms with Crippen LogP contribution in [0.5, 0.6) is 0 Å². The van der Waals surface area contributed by atoms with E-state index in [0.717, 1.165) is 50.8 Å². The fourth-order valence-electron chi connectivity index (χ4n) is 3.79. The number of rotatable bonds is 3. The molecule has 138 valence electrons. The molecule has 0 saturated carbocycles. The third-order valence-electron chi connectivity index (χ3n) is 5.34. The first-order valence-electron chi connectivity index (χ1n) is 9.29. The molecule has 2 saturated heterocycles. The second-order valence-corrected chi connectivity index (χ2v) is 9.38. The smallest absolute Gasteiger partial charge is 0.254 e. The lowest BCUT2D eigenvalue weighted by Gasteiger charge is -2.31. The summed E-state index contributed by atoms with van der Waals surface area (Å²) in [5.74, 6) is 0.456. The zero-order valence-electron chi connectivity index (χ0n) is 15.2. The van der Waals surface area contributed by atoms with E-state index in [1.807, 2.05) is 11.8 Å². The van der Waals surface area contributed by atoms with Gasteiger partial charge in [-0.3, -0.25) is 4.79 Å². The molecule has 0 aliphatic carbocycles. The van der Waals surface area contributed by atoms with Crippen LogP contribution in [0.2, 0.25) is 0 Å². The third kappa shape index (κ3) is 3.90. The average Bonchev–Trinajstić information content (AvgIpc) is 2.62. The first kappa shape index (κ1) is 18.4. The minimum atomic E-state index is -3.51. The molecule has 2 fully saturated rings. The Bertz CT molecular complexity index is 739. The molecule has 1 aromatic carbocycles. The van der Waals surface area contributed by atoms with Crippen LogP contribution >= 0.6 is 0 Å². The molecule has 0 bridgehead atoms. The minimum Gasteiger partial charge on any atom is -0.338 e. The Balaban J connectivity index is 1.88. The van der Waals surface area contributed by atoms with Crippen molar-refractivity contribution in [1.82, 2.24) is 9.21 Å². The largest absolute Gasteiger partial charge is 0.338 e. The maximum atomic E-state index is 12.9. The summed E-state index contributed by atoms with van der Waals surface area (Å²) in [6.07, 6.45) is 5.05. The van der Waals surface area contributed by atoms with Crippen LogP contribution in [0.1, 0.15) is 54.9 Å². The van der Waals surface area contributed by atoms with Crippen LogP contribution in [0.15, 0.2) is 23.1 Å². The molecule has 2 heterocycles. The number of aryl methyl sites for hydroxylation is 1. The Morgan fingerprint density at radius 3 is 2.48 bits per heavy atom. The molecule has 6 heteroatoms. The van der Waals surface area contributed by atoms with Gasteiger partial charge in [-0.25, -0.2) is 8.42 Å². The van der Waals surface area contributed by atoms with Gasteiger partial charge in [-0.15, -0.1) is 0 Å². The number of hydrogen-bond donors (Lipinski definition) is 0. The highest BCUT2D eigenvalue weighted by atomic mass is 32.2. The first-order chi connectivity index (χ1) is 11.9. The lowest BCUT2D eigenvalue weighted by Crippen LogP contribution is -2.39. The van der Waals surface area contributed by atoms with Gasteiger partial charge in [-0.05, 0) is 56.2 Å². The summed E-state index contributed by atoms with van der Waals surface area (Å²) >= 11 is 0. The SMILES string of the molecule is Cc1ccc(S(=O)(=O)N2CCCCC2)cc1C(=O)N1CCC[C@H](C)C1. The molecule has 0 radical (unpaired) electrons. The van der Waals surface area contributed by atoms with Crippen LogP contribution in [0, 0.1) is 12.8 Å². The van der Waals surface area contributed by atoms with Crippen LogP contribution in [0.4, 0.5) is 0 Å². The van der Waals surface area contributed by atoms with Gasteiger partial charge in [0.2, 0.25) is 10.0 Å². The summed E-state index contributed by atoms with van der Waals surface area (Å²) in [6, 6.07) is 4.98. The van der Waals surface area contributed by atoms with Crippen LogP contribution in [0.25, 0.3) is 0 Å². The fourth-order valence-corrected chi connectivity index (χ4v) is 5.33. The van der Waals surface area contributed by atoms with E-state index in [4.69, 9.17) is 0 Å². The highest BCUT2D eigenvalue weighted by molar-refractivity contribution is 7.89. The van der Waals surface area contributed by atoms with Gasteiger partial charge < -0.3 is 4.90 Å². The van der Waals surface area contributed by atoms with E-state index in [1.54, 1.807) is 22.5 Å². The van der Waals surface area contributed by atoms with Gasteiger partial charge in [-0.2, -0.15) is 4.31 Å². The summed E-state index contributed by atoms with van der Waals surface area (Å²) in [7, 11) is -3.51. The van der Waals surface area contributed by atoms with E-state index in [2.05, 4.69) is 6.92 Å². The summed E-state index contributed by atoms with van der Waals surface area (Å²) in [5, 5.41) is 0. The van der Waals surface area contributed by atoms with Gasteiger partial charge in [-0.1, -0.05) is 19.4 Å². The van der Waals surface area contributed by atoms with E-state index in [1.165, 1.54) is 0 Å². The van der Waals surface area contributed by atoms with Gasteiger partial charge >= 0.3 is 0 Å². The molecule has 0 N–H and O–H groups in total. The van der Waals surface area contributed by atoms with Crippen molar-refractivity contribution < 1.29 is 13.2 Å². The summed E-state index contributed by atoms with van der Waals surface area (Å²) in [5.41, 5.74) is 1.35. The molecule has 1 amide bonds. The maximum Gasteiger partial charge on any atom is 0.254 e. The Kier molecular flexibility index (Phi) is 5.49. The highest BCUT2D eigenvalue weighted by Gasteiger charge is 2.28. The molecule has 1 aromatic rings. The number of benzene rings is 1. The molecule has 2 aliphatic rings. The lowest BCUT2D eigenvalue weighted by molar-refractivity contribution is 0.0682. The Morgan fingerprint density at radius 2 is 1.80 bits per heavy atom. The Hall–Kier alpha value is -1.40. The third-order valence-corrected chi connectivity index (χ3v) is 7.23. The zero-order chi connectivity index (χ0) is 18.0. The van der Waals surface area contributed by atoms with Gasteiger partial charge in [0.05, 0.1) is 4.90 Å². The summed E-state index contributed by atoms with van der Waals surface area (Å²) < 4.78 is 27.4. The topological polar surface area (TPSA) is 57.7 Å². The summed E-state index contributed by atoms with van der Waals surface area (Å²) in [4.78, 5) is 15.1. The molecule has 2 aliphatic heterocycles. The molecule has 5 nitrogen and oxygen atoms in total. The number of nitrogens with zero attached hydrogens (tertiary/aromatic N) is 2. The number of carbonyl (C=O) groups excluding carboxylic acids is 1. The molecule has 0 unspecified atom stereocenters. The predicted octanol–water partition coefficient (Wildman–Crippen LogP) is 3.04. The first-order valence-corrected chi connectivity index (χ1v) is 10.7. The predicted molar refractivity (Wildman–Crippen MR) is 98.1 cm³/mol. The van der Waals surface area contributed by atoms with Crippen molar-refractivity contribution in [2.45, 2.75) is 50.8 Å². The Morgan fingerprint density at radius 1 is 1.08 bits per heavy atom. The molecule has 25 heavy (non-hydrogen) atoms. The van der Waals surface area contributed by atoms with E-state index in [0.29, 0.717) is 24.6 Å². The normalized spacial score (nSPS) is 22.8. The number of piperidine rings is 2. The van der Waals surface area contributed by atoms with E-state index in [9.17, 15) is 13.2 Å². The number of amides is 1. The monoisotopic (exact) mass is 364 g/mol. The van der Waals surface area contributed by atoms with Crippen molar-refractivity contribution in [3.8, 4) is 0 Å². The van der Waals surface area contributed by atoms with Crippen LogP contribution < -0.4 is 0 Å². The van der Waals surface area contributed by atoms with E-state index < -0.39 is 10.0 Å². The molecular weight excluding hydrogens is 336 g/mol. The quantitative estimate of drug-likeness (QED) is 0.828. The number of sulfonamides is 1. The van der Waals surface area contributed by atoms with Crippen molar-refractivity contribution in [3.05, 3.63) is 29.3 Å². The number of hydrogen-bond acceptors (Lipinski definition) is 3. The maximum absolute atomic E-state index is 12.9. The molecular formula is C19H28N2O3S. The van der Waals surface area contributed by atoms with Crippen LogP contribution in [-0.4, -0.2) is 49.7 Å². The van der Waals surface area contributed by atoms with Crippen LogP contribution in [-0.2, 0) is 10.0 Å². The lowest BCUT2D eigenvalue weighted by atomic mass is 9.99. The van der Waals surface area contributed by atoms with Crippen molar-refractivity contribution in [2.24, 2.45) is 5.92 Å². The second kappa shape index (κ2) is 7.46. The highest BCUT2D eigenvalue weighted by Crippen LogP contribution is 2.25. The van der Waals surface area contributed by atoms with E-state index in [-0.39, 0.29) is 10.8 Å². The van der Waals surface area contributed by atoms with Gasteiger partial charge in [0.25, 0.3) is 5.91 Å². The van der Waals surface area contributed by atoms with Crippen molar-refractivity contribution in [3.63, 3.8) is 0 Å². The summed E-state index contributed by atoms with van der Waals surface area (Å²) in [6.45, 7) is 6.68. The zero-order valence-corrected chi connectivity index (χ0v) is 16.0. The van der Waals surface area contributed by atoms with Gasteiger partial charge in [0.1, 0.15) is 0 Å².